The lowest BCUT2D eigenvalue weighted by molar-refractivity contribution is -0.125. The third-order valence-electron chi connectivity index (χ3n) is 4.48. The van der Waals surface area contributed by atoms with E-state index < -0.39 is 6.23 Å². The fourth-order valence-corrected chi connectivity index (χ4v) is 3.89. The van der Waals surface area contributed by atoms with Gasteiger partial charge in [0, 0.05) is 11.8 Å². The first-order chi connectivity index (χ1) is 6.77. The van der Waals surface area contributed by atoms with Crippen molar-refractivity contribution in [1.82, 2.24) is 5.32 Å². The van der Waals surface area contributed by atoms with Gasteiger partial charge >= 0.3 is 0 Å². The summed E-state index contributed by atoms with van der Waals surface area (Å²) in [6, 6.07) is 0. The highest BCUT2D eigenvalue weighted by Gasteiger charge is 2.52. The molecule has 2 N–H and O–H groups in total. The van der Waals surface area contributed by atoms with E-state index in [2.05, 4.69) is 5.32 Å². The highest BCUT2D eigenvalue weighted by atomic mass is 16.3. The Balaban J connectivity index is 1.97. The third-order valence-corrected chi connectivity index (χ3v) is 4.48. The number of hydrogen-bond acceptors (Lipinski definition) is 2. The Kier molecular flexibility index (Phi) is 1.84. The van der Waals surface area contributed by atoms with Crippen LogP contribution in [0.5, 0.6) is 0 Å². The van der Waals surface area contributed by atoms with Gasteiger partial charge in [0.1, 0.15) is 6.23 Å². The highest BCUT2D eigenvalue weighted by Crippen LogP contribution is 2.49. The van der Waals surface area contributed by atoms with Gasteiger partial charge in [-0.2, -0.15) is 0 Å². The molecule has 5 unspecified atom stereocenters. The van der Waals surface area contributed by atoms with Gasteiger partial charge in [0.15, 0.2) is 0 Å². The van der Waals surface area contributed by atoms with Crippen molar-refractivity contribution < 1.29 is 9.90 Å². The summed E-state index contributed by atoms with van der Waals surface area (Å²) in [6.45, 7) is 0. The molecule has 2 bridgehead atoms. The van der Waals surface area contributed by atoms with Gasteiger partial charge in [-0.25, -0.2) is 0 Å². The van der Waals surface area contributed by atoms with E-state index in [0.717, 1.165) is 0 Å². The van der Waals surface area contributed by atoms with Gasteiger partial charge in [0.25, 0.3) is 0 Å². The number of fused-ring (bicyclic) bond motifs is 3. The van der Waals surface area contributed by atoms with Gasteiger partial charge in [-0.15, -0.1) is 0 Å². The maximum absolute atomic E-state index is 11.7. The summed E-state index contributed by atoms with van der Waals surface area (Å²) < 4.78 is 0. The Bertz CT molecular complexity index is 262. The summed E-state index contributed by atoms with van der Waals surface area (Å²) in [4.78, 5) is 11.7. The molecule has 4 fully saturated rings. The Morgan fingerprint density at radius 3 is 2.71 bits per heavy atom. The summed E-state index contributed by atoms with van der Waals surface area (Å²) in [5, 5.41) is 12.5. The number of nitrogens with one attached hydrogen (secondary N) is 1. The van der Waals surface area contributed by atoms with Crippen molar-refractivity contribution in [1.29, 1.82) is 0 Å². The second kappa shape index (κ2) is 2.96. The Hall–Kier alpha value is -0.570. The van der Waals surface area contributed by atoms with Crippen molar-refractivity contribution in [2.45, 2.75) is 38.3 Å². The number of amides is 1. The lowest BCUT2D eigenvalue weighted by Crippen LogP contribution is -2.36. The average Bonchev–Trinajstić information content (AvgIpc) is 2.42. The Labute approximate surface area is 83.9 Å². The molecule has 4 aliphatic rings. The minimum absolute atomic E-state index is 0.110. The number of rotatable bonds is 0. The molecule has 3 aliphatic carbocycles. The number of aliphatic hydroxyl groups excluding tert-OH is 1. The van der Waals surface area contributed by atoms with E-state index in [-0.39, 0.29) is 17.7 Å². The van der Waals surface area contributed by atoms with Crippen LogP contribution in [0.25, 0.3) is 0 Å². The van der Waals surface area contributed by atoms with Crippen molar-refractivity contribution in [2.24, 2.45) is 23.7 Å². The van der Waals surface area contributed by atoms with Crippen LogP contribution in [0, 0.1) is 23.7 Å². The van der Waals surface area contributed by atoms with Crippen LogP contribution in [0.2, 0.25) is 0 Å². The van der Waals surface area contributed by atoms with Gasteiger partial charge in [-0.3, -0.25) is 4.79 Å². The topological polar surface area (TPSA) is 49.3 Å². The summed E-state index contributed by atoms with van der Waals surface area (Å²) in [5.41, 5.74) is 0. The first-order valence-electron chi connectivity index (χ1n) is 5.76. The molecule has 0 aromatic rings. The van der Waals surface area contributed by atoms with Gasteiger partial charge in [-0.05, 0) is 37.5 Å². The monoisotopic (exact) mass is 195 g/mol. The summed E-state index contributed by atoms with van der Waals surface area (Å²) in [7, 11) is 0. The van der Waals surface area contributed by atoms with E-state index in [4.69, 9.17) is 0 Å². The number of hydrogen-bond donors (Lipinski definition) is 2. The van der Waals surface area contributed by atoms with E-state index in [0.29, 0.717) is 11.8 Å². The van der Waals surface area contributed by atoms with Crippen LogP contribution < -0.4 is 5.32 Å². The van der Waals surface area contributed by atoms with Gasteiger partial charge < -0.3 is 10.4 Å². The molecule has 1 heterocycles. The van der Waals surface area contributed by atoms with Crippen molar-refractivity contribution in [3.05, 3.63) is 0 Å². The quantitative estimate of drug-likeness (QED) is 0.602. The fraction of sp³-hybridized carbons (Fsp3) is 0.909. The van der Waals surface area contributed by atoms with E-state index in [1.54, 1.807) is 0 Å². The molecule has 3 heteroatoms. The standard InChI is InChI=1S/C11H17NO2/c13-10-8-6-2-1-3-7(5-4-6)9(8)11(14)12-10/h6-10,13H,1-5H2,(H,12,14). The molecule has 3 saturated carbocycles. The molecule has 5 atom stereocenters. The third kappa shape index (κ3) is 1.05. The van der Waals surface area contributed by atoms with E-state index in [1.165, 1.54) is 32.1 Å². The maximum atomic E-state index is 11.7. The second-order valence-electron chi connectivity index (χ2n) is 5.08. The normalized spacial score (nSPS) is 51.2. The molecule has 0 spiro atoms. The van der Waals surface area contributed by atoms with E-state index in [9.17, 15) is 9.90 Å². The Morgan fingerprint density at radius 2 is 1.86 bits per heavy atom. The van der Waals surface area contributed by atoms with Crippen LogP contribution in [0.1, 0.15) is 32.1 Å². The molecule has 14 heavy (non-hydrogen) atoms. The zero-order valence-corrected chi connectivity index (χ0v) is 8.28. The highest BCUT2D eigenvalue weighted by molar-refractivity contribution is 5.82. The molecule has 78 valence electrons. The molecule has 0 aromatic carbocycles. The molecule has 1 aliphatic heterocycles. The fourth-order valence-electron chi connectivity index (χ4n) is 3.89. The largest absolute Gasteiger partial charge is 0.373 e. The smallest absolute Gasteiger partial charge is 0.225 e. The van der Waals surface area contributed by atoms with Crippen LogP contribution in [0.3, 0.4) is 0 Å². The molecule has 1 amide bonds. The van der Waals surface area contributed by atoms with Crippen molar-refractivity contribution >= 4 is 5.91 Å². The molecule has 4 rings (SSSR count). The Morgan fingerprint density at radius 1 is 1.14 bits per heavy atom. The molecular formula is C11H17NO2. The minimum atomic E-state index is -0.557. The SMILES string of the molecule is O=C1NC(O)C2C3CCCC(CC3)C12. The van der Waals surface area contributed by atoms with Crippen LogP contribution >= 0.6 is 0 Å². The van der Waals surface area contributed by atoms with E-state index in [1.807, 2.05) is 0 Å². The zero-order valence-electron chi connectivity index (χ0n) is 8.28. The number of carbonyl (C=O) groups is 1. The summed E-state index contributed by atoms with van der Waals surface area (Å²) in [5.74, 6) is 1.61. The molecule has 0 aromatic heterocycles. The van der Waals surface area contributed by atoms with E-state index >= 15 is 0 Å². The average molecular weight is 195 g/mol. The van der Waals surface area contributed by atoms with Gasteiger partial charge in [0.05, 0.1) is 0 Å². The predicted molar refractivity (Wildman–Crippen MR) is 51.2 cm³/mol. The first-order valence-corrected chi connectivity index (χ1v) is 5.76. The van der Waals surface area contributed by atoms with Crippen LogP contribution in [-0.4, -0.2) is 17.2 Å². The minimum Gasteiger partial charge on any atom is -0.373 e. The zero-order chi connectivity index (χ0) is 9.71. The summed E-state index contributed by atoms with van der Waals surface area (Å²) >= 11 is 0. The lowest BCUT2D eigenvalue weighted by Gasteiger charge is -2.34. The van der Waals surface area contributed by atoms with Crippen molar-refractivity contribution in [3.63, 3.8) is 0 Å². The van der Waals surface area contributed by atoms with Crippen LogP contribution in [-0.2, 0) is 4.79 Å². The van der Waals surface area contributed by atoms with Gasteiger partial charge in [-0.1, -0.05) is 6.42 Å². The van der Waals surface area contributed by atoms with Gasteiger partial charge in [0.2, 0.25) is 5.91 Å². The predicted octanol–water partition coefficient (Wildman–Crippen LogP) is 0.877. The van der Waals surface area contributed by atoms with Crippen LogP contribution in [0.4, 0.5) is 0 Å². The lowest BCUT2D eigenvalue weighted by atomic mass is 9.69. The molecule has 0 radical (unpaired) electrons. The molecular weight excluding hydrogens is 178 g/mol. The van der Waals surface area contributed by atoms with Crippen molar-refractivity contribution in [3.8, 4) is 0 Å². The molecule has 3 nitrogen and oxygen atoms in total. The number of carbonyl (C=O) groups excluding carboxylic acids is 1. The van der Waals surface area contributed by atoms with Crippen LogP contribution in [0.15, 0.2) is 0 Å². The molecule has 1 saturated heterocycles. The van der Waals surface area contributed by atoms with Crippen molar-refractivity contribution in [2.75, 3.05) is 0 Å². The second-order valence-corrected chi connectivity index (χ2v) is 5.08. The first kappa shape index (κ1) is 8.72. The summed E-state index contributed by atoms with van der Waals surface area (Å²) in [6.07, 6.45) is 5.52. The number of aliphatic hydroxyl groups is 1. The maximum Gasteiger partial charge on any atom is 0.225 e.